The van der Waals surface area contributed by atoms with E-state index in [-0.39, 0.29) is 17.1 Å². The van der Waals surface area contributed by atoms with Gasteiger partial charge in [-0.15, -0.1) is 0 Å². The number of nitrogens with zero attached hydrogens (tertiary/aromatic N) is 3. The summed E-state index contributed by atoms with van der Waals surface area (Å²) in [7, 11) is 0. The van der Waals surface area contributed by atoms with E-state index in [9.17, 15) is 8.78 Å². The first kappa shape index (κ1) is 12.2. The molecule has 0 radical (unpaired) electrons. The van der Waals surface area contributed by atoms with E-state index in [2.05, 4.69) is 10.1 Å². The van der Waals surface area contributed by atoms with Crippen LogP contribution >= 0.6 is 0 Å². The Bertz CT molecular complexity index is 617. The molecule has 1 heterocycles. The maximum Gasteiger partial charge on any atom is 0.221 e. The average Bonchev–Trinajstić information content (AvgIpc) is 2.64. The number of anilines is 1. The van der Waals surface area contributed by atoms with Gasteiger partial charge in [0, 0.05) is 5.56 Å². The van der Waals surface area contributed by atoms with Crippen molar-refractivity contribution in [3.8, 4) is 0 Å². The number of hydrogen-bond acceptors (Lipinski definition) is 3. The summed E-state index contributed by atoms with van der Waals surface area (Å²) in [6.45, 7) is 3.26. The Morgan fingerprint density at radius 3 is 2.61 bits per heavy atom. The molecule has 0 atom stereocenters. The first-order chi connectivity index (χ1) is 8.49. The Hall–Kier alpha value is -2.24. The van der Waals surface area contributed by atoms with Crippen molar-refractivity contribution in [3.63, 3.8) is 0 Å². The molecule has 0 amide bonds. The molecule has 2 rings (SSSR count). The van der Waals surface area contributed by atoms with Gasteiger partial charge in [0.1, 0.15) is 0 Å². The van der Waals surface area contributed by atoms with Gasteiger partial charge in [-0.2, -0.15) is 5.10 Å². The van der Waals surface area contributed by atoms with Gasteiger partial charge in [0.05, 0.1) is 18.1 Å². The molecule has 1 aromatic heterocycles. The van der Waals surface area contributed by atoms with E-state index >= 15 is 0 Å². The molecule has 1 aromatic carbocycles. The highest BCUT2D eigenvalue weighted by atomic mass is 19.2. The minimum absolute atomic E-state index is 0.0591. The third-order valence-corrected chi connectivity index (χ3v) is 2.46. The van der Waals surface area contributed by atoms with Gasteiger partial charge >= 0.3 is 0 Å². The summed E-state index contributed by atoms with van der Waals surface area (Å²) in [5, 5.41) is 3.93. The predicted molar refractivity (Wildman–Crippen MR) is 65.5 cm³/mol. The van der Waals surface area contributed by atoms with Crippen LogP contribution in [0.25, 0.3) is 0 Å². The fourth-order valence-corrected chi connectivity index (χ4v) is 1.48. The second-order valence-electron chi connectivity index (χ2n) is 3.93. The Kier molecular flexibility index (Phi) is 3.10. The van der Waals surface area contributed by atoms with Crippen LogP contribution < -0.4 is 5.73 Å². The highest BCUT2D eigenvalue weighted by Gasteiger charge is 2.09. The molecule has 0 saturated heterocycles. The van der Waals surface area contributed by atoms with E-state index in [1.54, 1.807) is 13.1 Å². The molecule has 0 aliphatic heterocycles. The van der Waals surface area contributed by atoms with Gasteiger partial charge in [-0.3, -0.25) is 0 Å². The highest BCUT2D eigenvalue weighted by Crippen LogP contribution is 2.14. The molecule has 0 fully saturated rings. The van der Waals surface area contributed by atoms with Crippen LogP contribution in [0.4, 0.5) is 14.7 Å². The Labute approximate surface area is 103 Å². The van der Waals surface area contributed by atoms with Gasteiger partial charge in [-0.05, 0) is 25.5 Å². The zero-order valence-electron chi connectivity index (χ0n) is 9.98. The molecule has 0 bridgehead atoms. The summed E-state index contributed by atoms with van der Waals surface area (Å²) in [6, 6.07) is 2.94. The number of nitrogens with two attached hydrogens (primary N) is 1. The van der Waals surface area contributed by atoms with Gasteiger partial charge in [0.15, 0.2) is 11.6 Å². The van der Waals surface area contributed by atoms with Crippen molar-refractivity contribution in [1.82, 2.24) is 9.66 Å². The van der Waals surface area contributed by atoms with Crippen molar-refractivity contribution >= 4 is 12.2 Å². The summed E-state index contributed by atoms with van der Waals surface area (Å²) >= 11 is 0. The smallest absolute Gasteiger partial charge is 0.221 e. The van der Waals surface area contributed by atoms with Gasteiger partial charge < -0.3 is 5.73 Å². The third kappa shape index (κ3) is 2.22. The highest BCUT2D eigenvalue weighted by molar-refractivity contribution is 5.80. The minimum Gasteiger partial charge on any atom is -0.368 e. The van der Waals surface area contributed by atoms with Gasteiger partial charge in [0.25, 0.3) is 0 Å². The normalized spacial score (nSPS) is 11.3. The lowest BCUT2D eigenvalue weighted by atomic mass is 10.1. The van der Waals surface area contributed by atoms with Crippen LogP contribution in [0.5, 0.6) is 0 Å². The van der Waals surface area contributed by atoms with Crippen LogP contribution in [0.3, 0.4) is 0 Å². The lowest BCUT2D eigenvalue weighted by Crippen LogP contribution is -1.99. The van der Waals surface area contributed by atoms with Crippen molar-refractivity contribution < 1.29 is 8.78 Å². The van der Waals surface area contributed by atoms with Crippen molar-refractivity contribution in [2.75, 3.05) is 5.73 Å². The molecule has 0 aliphatic carbocycles. The number of halogens is 2. The number of benzene rings is 1. The third-order valence-electron chi connectivity index (χ3n) is 2.46. The Balaban J connectivity index is 2.35. The van der Waals surface area contributed by atoms with Crippen LogP contribution in [0.1, 0.15) is 16.8 Å². The van der Waals surface area contributed by atoms with Crippen LogP contribution in [0.2, 0.25) is 0 Å². The topological polar surface area (TPSA) is 56.2 Å². The molecule has 2 N–H and O–H groups in total. The molecular formula is C12H12F2N4. The number of aromatic nitrogens is 2. The standard InChI is InChI=1S/C12H12F2N4/c1-7-3-4-9(11(14)10(7)13)5-16-18-6-8(2)17-12(18)15/h3-6H,1-2H3,(H2,15,17). The quantitative estimate of drug-likeness (QED) is 0.831. The fourth-order valence-electron chi connectivity index (χ4n) is 1.48. The van der Waals surface area contributed by atoms with Gasteiger partial charge in [0.2, 0.25) is 5.95 Å². The number of imidazole rings is 1. The summed E-state index contributed by atoms with van der Waals surface area (Å²) in [6.07, 6.45) is 2.80. The molecule has 2 aromatic rings. The lowest BCUT2D eigenvalue weighted by molar-refractivity contribution is 0.502. The van der Waals surface area contributed by atoms with E-state index in [0.29, 0.717) is 5.69 Å². The predicted octanol–water partition coefficient (Wildman–Crippen LogP) is 2.24. The summed E-state index contributed by atoms with van der Waals surface area (Å²) < 4.78 is 28.2. The summed E-state index contributed by atoms with van der Waals surface area (Å²) in [5.74, 6) is -1.60. The monoisotopic (exact) mass is 250 g/mol. The SMILES string of the molecule is Cc1cn(N=Cc2ccc(C)c(F)c2F)c(N)n1. The molecule has 4 nitrogen and oxygen atoms in total. The maximum atomic E-state index is 13.5. The van der Waals surface area contributed by atoms with Crippen molar-refractivity contribution in [2.24, 2.45) is 5.10 Å². The van der Waals surface area contributed by atoms with E-state index in [1.165, 1.54) is 29.9 Å². The van der Waals surface area contributed by atoms with Crippen LogP contribution in [0.15, 0.2) is 23.4 Å². The van der Waals surface area contributed by atoms with Gasteiger partial charge in [-0.1, -0.05) is 6.07 Å². The van der Waals surface area contributed by atoms with Gasteiger partial charge in [-0.25, -0.2) is 18.4 Å². The number of nitrogen functional groups attached to an aromatic ring is 1. The average molecular weight is 250 g/mol. The summed E-state index contributed by atoms with van der Waals surface area (Å²) in [5.41, 5.74) is 6.57. The first-order valence-electron chi connectivity index (χ1n) is 5.29. The molecule has 94 valence electrons. The lowest BCUT2D eigenvalue weighted by Gasteiger charge is -2.01. The maximum absolute atomic E-state index is 13.5. The van der Waals surface area contributed by atoms with E-state index in [0.717, 1.165) is 0 Å². The molecule has 0 aliphatic rings. The van der Waals surface area contributed by atoms with Crippen LogP contribution in [0, 0.1) is 25.5 Å². The van der Waals surface area contributed by atoms with Crippen molar-refractivity contribution in [2.45, 2.75) is 13.8 Å². The van der Waals surface area contributed by atoms with E-state index in [1.807, 2.05) is 0 Å². The number of hydrogen-bond donors (Lipinski definition) is 1. The number of rotatable bonds is 2. The Morgan fingerprint density at radius 2 is 2.00 bits per heavy atom. The van der Waals surface area contributed by atoms with Crippen molar-refractivity contribution in [1.29, 1.82) is 0 Å². The van der Waals surface area contributed by atoms with Crippen LogP contribution in [-0.4, -0.2) is 15.9 Å². The fraction of sp³-hybridized carbons (Fsp3) is 0.167. The van der Waals surface area contributed by atoms with Crippen LogP contribution in [-0.2, 0) is 0 Å². The minimum atomic E-state index is -0.922. The molecule has 6 heteroatoms. The largest absolute Gasteiger partial charge is 0.368 e. The Morgan fingerprint density at radius 1 is 1.28 bits per heavy atom. The zero-order valence-corrected chi connectivity index (χ0v) is 9.98. The van der Waals surface area contributed by atoms with E-state index in [4.69, 9.17) is 5.73 Å². The molecular weight excluding hydrogens is 238 g/mol. The molecule has 0 saturated carbocycles. The van der Waals surface area contributed by atoms with Crippen molar-refractivity contribution in [3.05, 3.63) is 46.8 Å². The second kappa shape index (κ2) is 4.56. The molecule has 0 spiro atoms. The molecule has 18 heavy (non-hydrogen) atoms. The van der Waals surface area contributed by atoms with E-state index < -0.39 is 11.6 Å². The number of aryl methyl sites for hydroxylation is 2. The zero-order chi connectivity index (χ0) is 13.3. The first-order valence-corrected chi connectivity index (χ1v) is 5.29. The molecule has 0 unspecified atom stereocenters. The summed E-state index contributed by atoms with van der Waals surface area (Å²) in [4.78, 5) is 3.94. The second-order valence-corrected chi connectivity index (χ2v) is 3.93.